The van der Waals surface area contributed by atoms with Gasteiger partial charge in [0.25, 0.3) is 11.5 Å². The molecule has 1 spiro atoms. The topological polar surface area (TPSA) is 67.2 Å². The number of amides is 1. The van der Waals surface area contributed by atoms with Crippen molar-refractivity contribution in [3.05, 3.63) is 26.6 Å². The summed E-state index contributed by atoms with van der Waals surface area (Å²) in [6, 6.07) is 0. The maximum Gasteiger partial charge on any atom is 0.264 e. The van der Waals surface area contributed by atoms with Crippen LogP contribution in [-0.2, 0) is 13.0 Å². The molecule has 8 heteroatoms. The van der Waals surface area contributed by atoms with E-state index in [-0.39, 0.29) is 23.9 Å². The van der Waals surface area contributed by atoms with Crippen LogP contribution in [0.5, 0.6) is 0 Å². The summed E-state index contributed by atoms with van der Waals surface area (Å²) in [6.45, 7) is 6.47. The summed E-state index contributed by atoms with van der Waals surface area (Å²) >= 11 is 1.40. The minimum absolute atomic E-state index is 0. The number of thiophene rings is 1. The Hall–Kier alpha value is -1.44. The van der Waals surface area contributed by atoms with Gasteiger partial charge in [-0.15, -0.1) is 23.7 Å². The Morgan fingerprint density at radius 1 is 1.22 bits per heavy atom. The van der Waals surface area contributed by atoms with Gasteiger partial charge in [0.05, 0.1) is 10.3 Å². The first-order valence-corrected chi connectivity index (χ1v) is 10.4. The third-order valence-corrected chi connectivity index (χ3v) is 7.72. The predicted molar refractivity (Wildman–Crippen MR) is 109 cm³/mol. The number of aromatic nitrogens is 2. The normalized spacial score (nSPS) is 20.9. The Kier molecular flexibility index (Phi) is 4.81. The average molecular weight is 409 g/mol. The molecule has 3 aliphatic heterocycles. The average Bonchev–Trinajstić information content (AvgIpc) is 3.35. The van der Waals surface area contributed by atoms with Crippen LogP contribution in [0.25, 0.3) is 10.2 Å². The number of halogens is 1. The smallest absolute Gasteiger partial charge is 0.264 e. The fraction of sp³-hybridized carbons (Fsp3) is 0.632. The van der Waals surface area contributed by atoms with Gasteiger partial charge in [-0.2, -0.15) is 0 Å². The lowest BCUT2D eigenvalue weighted by Crippen LogP contribution is -2.44. The number of rotatable bonds is 1. The van der Waals surface area contributed by atoms with Crippen molar-refractivity contribution in [1.82, 2.24) is 19.8 Å². The van der Waals surface area contributed by atoms with Gasteiger partial charge >= 0.3 is 0 Å². The highest BCUT2D eigenvalue weighted by atomic mass is 35.5. The highest BCUT2D eigenvalue weighted by Gasteiger charge is 2.38. The van der Waals surface area contributed by atoms with Crippen molar-refractivity contribution in [2.45, 2.75) is 45.6 Å². The molecule has 1 amide bonds. The van der Waals surface area contributed by atoms with E-state index >= 15 is 0 Å². The quantitative estimate of drug-likeness (QED) is 0.786. The number of nitrogens with one attached hydrogen (secondary N) is 1. The van der Waals surface area contributed by atoms with Gasteiger partial charge < -0.3 is 10.2 Å². The van der Waals surface area contributed by atoms with E-state index in [9.17, 15) is 9.59 Å². The number of carbonyl (C=O) groups is 1. The summed E-state index contributed by atoms with van der Waals surface area (Å²) in [4.78, 5) is 34.1. The van der Waals surface area contributed by atoms with Crippen molar-refractivity contribution in [3.63, 3.8) is 0 Å². The molecule has 0 radical (unpaired) electrons. The van der Waals surface area contributed by atoms with Crippen molar-refractivity contribution >= 4 is 39.9 Å². The second kappa shape index (κ2) is 6.87. The largest absolute Gasteiger partial charge is 0.338 e. The van der Waals surface area contributed by atoms with Crippen molar-refractivity contribution in [2.75, 3.05) is 26.2 Å². The lowest BCUT2D eigenvalue weighted by molar-refractivity contribution is 0.0612. The molecular formula is C19H25ClN4O2S. The zero-order valence-corrected chi connectivity index (χ0v) is 17.2. The summed E-state index contributed by atoms with van der Waals surface area (Å²) in [5.41, 5.74) is 1.25. The Morgan fingerprint density at radius 2 is 2.00 bits per heavy atom. The van der Waals surface area contributed by atoms with Gasteiger partial charge in [-0.05, 0) is 50.1 Å². The van der Waals surface area contributed by atoms with Crippen LogP contribution < -0.4 is 10.9 Å². The maximum atomic E-state index is 13.1. The van der Waals surface area contributed by atoms with E-state index in [1.54, 1.807) is 4.57 Å². The van der Waals surface area contributed by atoms with E-state index in [0.717, 1.165) is 74.6 Å². The molecule has 2 aromatic rings. The second-order valence-corrected chi connectivity index (χ2v) is 9.04. The van der Waals surface area contributed by atoms with E-state index in [2.05, 4.69) is 10.3 Å². The number of hydrogen-bond acceptors (Lipinski definition) is 5. The Bertz CT molecular complexity index is 951. The number of aryl methyl sites for hydroxylation is 2. The molecule has 0 unspecified atom stereocenters. The van der Waals surface area contributed by atoms with Gasteiger partial charge in [-0.1, -0.05) is 0 Å². The number of nitrogens with zero attached hydrogens (tertiary/aromatic N) is 3. The van der Waals surface area contributed by atoms with Gasteiger partial charge in [0.1, 0.15) is 10.7 Å². The van der Waals surface area contributed by atoms with Gasteiger partial charge in [-0.25, -0.2) is 4.98 Å². The molecule has 3 aliphatic rings. The van der Waals surface area contributed by atoms with Crippen molar-refractivity contribution in [1.29, 1.82) is 0 Å². The molecule has 6 nitrogen and oxygen atoms in total. The van der Waals surface area contributed by atoms with E-state index in [0.29, 0.717) is 15.7 Å². The Balaban J connectivity index is 0.00000180. The minimum atomic E-state index is 0. The van der Waals surface area contributed by atoms with Crippen LogP contribution >= 0.6 is 23.7 Å². The number of carbonyl (C=O) groups excluding carboxylic acids is 1. The number of fused-ring (bicyclic) bond motifs is 2. The highest BCUT2D eigenvalue weighted by molar-refractivity contribution is 7.20. The molecule has 2 fully saturated rings. The van der Waals surface area contributed by atoms with Crippen molar-refractivity contribution < 1.29 is 4.79 Å². The van der Waals surface area contributed by atoms with E-state index < -0.39 is 0 Å². The first kappa shape index (κ1) is 18.9. The lowest BCUT2D eigenvalue weighted by atomic mass is 9.78. The third-order valence-electron chi connectivity index (χ3n) is 6.55. The van der Waals surface area contributed by atoms with E-state index in [1.807, 2.05) is 11.8 Å². The SMILES string of the molecule is Cc1c(C(=O)N2CCC3(CCNC3)CC2)sc2nc3n(c(=O)c12)CCC3.Cl. The summed E-state index contributed by atoms with van der Waals surface area (Å²) < 4.78 is 1.79. The molecule has 0 bridgehead atoms. The number of likely N-dealkylation sites (tertiary alicyclic amines) is 1. The standard InChI is InChI=1S/C19H24N4O2S.ClH/c1-12-14-16(21-13-3-2-8-23(13)17(14)24)26-15(12)18(25)22-9-5-19(6-10-22)4-7-20-11-19;/h20H,2-11H2,1H3;1H. The van der Waals surface area contributed by atoms with Gasteiger partial charge in [-0.3, -0.25) is 14.2 Å². The van der Waals surface area contributed by atoms with Crippen LogP contribution in [0.1, 0.15) is 46.7 Å². The molecule has 1 N–H and O–H groups in total. The molecule has 0 aliphatic carbocycles. The van der Waals surface area contributed by atoms with Crippen LogP contribution in [0.4, 0.5) is 0 Å². The van der Waals surface area contributed by atoms with Crippen molar-refractivity contribution in [2.24, 2.45) is 5.41 Å². The van der Waals surface area contributed by atoms with E-state index in [4.69, 9.17) is 0 Å². The van der Waals surface area contributed by atoms with Crippen LogP contribution in [0, 0.1) is 12.3 Å². The zero-order chi connectivity index (χ0) is 17.9. The molecule has 27 heavy (non-hydrogen) atoms. The first-order valence-electron chi connectivity index (χ1n) is 9.61. The molecule has 5 rings (SSSR count). The molecule has 146 valence electrons. The second-order valence-electron chi connectivity index (χ2n) is 8.04. The fourth-order valence-corrected chi connectivity index (χ4v) is 5.99. The maximum absolute atomic E-state index is 13.1. The van der Waals surface area contributed by atoms with Crippen LogP contribution in [-0.4, -0.2) is 46.5 Å². The van der Waals surface area contributed by atoms with Gasteiger partial charge in [0.15, 0.2) is 0 Å². The summed E-state index contributed by atoms with van der Waals surface area (Å²) in [5.74, 6) is 0.951. The number of hydrogen-bond donors (Lipinski definition) is 1. The zero-order valence-electron chi connectivity index (χ0n) is 15.5. The molecule has 0 aromatic carbocycles. The molecular weight excluding hydrogens is 384 g/mol. The monoisotopic (exact) mass is 408 g/mol. The summed E-state index contributed by atoms with van der Waals surface area (Å²) in [6.07, 6.45) is 5.21. The van der Waals surface area contributed by atoms with Crippen LogP contribution in [0.15, 0.2) is 4.79 Å². The molecule has 2 aromatic heterocycles. The predicted octanol–water partition coefficient (Wildman–Crippen LogP) is 2.35. The lowest BCUT2D eigenvalue weighted by Gasteiger charge is -2.38. The molecule has 0 saturated carbocycles. The van der Waals surface area contributed by atoms with Crippen molar-refractivity contribution in [3.8, 4) is 0 Å². The summed E-state index contributed by atoms with van der Waals surface area (Å²) in [7, 11) is 0. The Labute approximate surface area is 168 Å². The van der Waals surface area contributed by atoms with Crippen LogP contribution in [0.2, 0.25) is 0 Å². The highest BCUT2D eigenvalue weighted by Crippen LogP contribution is 2.38. The van der Waals surface area contributed by atoms with Gasteiger partial charge in [0.2, 0.25) is 0 Å². The Morgan fingerprint density at radius 3 is 2.70 bits per heavy atom. The third kappa shape index (κ3) is 2.91. The van der Waals surface area contributed by atoms with Gasteiger partial charge in [0, 0.05) is 32.6 Å². The first-order chi connectivity index (χ1) is 12.6. The molecule has 0 atom stereocenters. The minimum Gasteiger partial charge on any atom is -0.338 e. The molecule has 5 heterocycles. The molecule has 2 saturated heterocycles. The fourth-order valence-electron chi connectivity index (χ4n) is 4.83. The van der Waals surface area contributed by atoms with E-state index in [1.165, 1.54) is 17.8 Å². The number of piperidine rings is 1. The van der Waals surface area contributed by atoms with Crippen LogP contribution in [0.3, 0.4) is 0 Å². The summed E-state index contributed by atoms with van der Waals surface area (Å²) in [5, 5.41) is 4.12.